The molecule has 1 aromatic heterocycles. The summed E-state index contributed by atoms with van der Waals surface area (Å²) in [6, 6.07) is 9.91. The number of benzene rings is 1. The number of hydrogen-bond donors (Lipinski definition) is 0. The lowest BCUT2D eigenvalue weighted by atomic mass is 9.98. The lowest BCUT2D eigenvalue weighted by Crippen LogP contribution is -2.45. The maximum absolute atomic E-state index is 13.4. The summed E-state index contributed by atoms with van der Waals surface area (Å²) in [5.41, 5.74) is 2.55. The molecule has 1 amide bonds. The van der Waals surface area contributed by atoms with Crippen LogP contribution in [0.25, 0.3) is 0 Å². The number of carbonyl (C=O) groups is 2. The standard InChI is InChI=1S/C24H29FN4O3/c1-3-32-24(31)18-6-4-13-28(15-18)16-23(30)29-22(21-7-5-12-27(21)2)14-20(26-29)17-8-10-19(25)11-9-17/h5,7-12,18,22H,3-4,6,13-16H2,1-2H3. The predicted octanol–water partition coefficient (Wildman–Crippen LogP) is 3.12. The number of hydrazone groups is 1. The Morgan fingerprint density at radius 2 is 2.00 bits per heavy atom. The molecular formula is C24H29FN4O3. The lowest BCUT2D eigenvalue weighted by molar-refractivity contribution is -0.150. The van der Waals surface area contributed by atoms with Crippen LogP contribution >= 0.6 is 0 Å². The molecule has 1 saturated heterocycles. The van der Waals surface area contributed by atoms with E-state index in [0.717, 1.165) is 36.4 Å². The molecule has 2 unspecified atom stereocenters. The van der Waals surface area contributed by atoms with E-state index in [9.17, 15) is 14.0 Å². The van der Waals surface area contributed by atoms with Crippen LogP contribution in [0.15, 0.2) is 47.7 Å². The molecule has 7 nitrogen and oxygen atoms in total. The number of nitrogens with zero attached hydrogens (tertiary/aromatic N) is 4. The van der Waals surface area contributed by atoms with Crippen LogP contribution in [0.5, 0.6) is 0 Å². The van der Waals surface area contributed by atoms with Gasteiger partial charge in [-0.05, 0) is 56.1 Å². The molecule has 8 heteroatoms. The maximum atomic E-state index is 13.4. The monoisotopic (exact) mass is 440 g/mol. The van der Waals surface area contributed by atoms with E-state index in [0.29, 0.717) is 19.6 Å². The van der Waals surface area contributed by atoms with Crippen molar-refractivity contribution in [1.82, 2.24) is 14.5 Å². The van der Waals surface area contributed by atoms with E-state index in [-0.39, 0.29) is 36.2 Å². The highest BCUT2D eigenvalue weighted by Gasteiger charge is 2.36. The van der Waals surface area contributed by atoms with Gasteiger partial charge >= 0.3 is 5.97 Å². The van der Waals surface area contributed by atoms with Crippen LogP contribution in [-0.4, -0.2) is 58.3 Å². The Bertz CT molecular complexity index is 1000. The summed E-state index contributed by atoms with van der Waals surface area (Å²) in [5, 5.41) is 6.22. The summed E-state index contributed by atoms with van der Waals surface area (Å²) < 4.78 is 20.5. The van der Waals surface area contributed by atoms with E-state index in [4.69, 9.17) is 4.74 Å². The summed E-state index contributed by atoms with van der Waals surface area (Å²) >= 11 is 0. The van der Waals surface area contributed by atoms with Crippen LogP contribution in [0, 0.1) is 11.7 Å². The number of aryl methyl sites for hydroxylation is 1. The number of likely N-dealkylation sites (tertiary alicyclic amines) is 1. The molecular weight excluding hydrogens is 411 g/mol. The number of piperidine rings is 1. The van der Waals surface area contributed by atoms with Crippen molar-refractivity contribution in [3.05, 3.63) is 59.7 Å². The van der Waals surface area contributed by atoms with Gasteiger partial charge in [0.25, 0.3) is 5.91 Å². The molecule has 2 aliphatic heterocycles. The van der Waals surface area contributed by atoms with E-state index in [1.54, 1.807) is 24.1 Å². The fourth-order valence-electron chi connectivity index (χ4n) is 4.52. The third-order valence-corrected chi connectivity index (χ3v) is 6.15. The molecule has 0 spiro atoms. The van der Waals surface area contributed by atoms with Crippen LogP contribution in [0.3, 0.4) is 0 Å². The number of ether oxygens (including phenoxy) is 1. The number of hydrogen-bond acceptors (Lipinski definition) is 5. The van der Waals surface area contributed by atoms with Gasteiger partial charge in [-0.25, -0.2) is 9.40 Å². The minimum absolute atomic E-state index is 0.113. The molecule has 0 radical (unpaired) electrons. The molecule has 170 valence electrons. The number of carbonyl (C=O) groups excluding carboxylic acids is 2. The van der Waals surface area contributed by atoms with Crippen LogP contribution in [-0.2, 0) is 21.4 Å². The van der Waals surface area contributed by atoms with Crippen molar-refractivity contribution in [3.63, 3.8) is 0 Å². The average molecular weight is 441 g/mol. The van der Waals surface area contributed by atoms with Crippen molar-refractivity contribution in [2.45, 2.75) is 32.2 Å². The first-order valence-corrected chi connectivity index (χ1v) is 11.1. The van der Waals surface area contributed by atoms with Crippen LogP contribution < -0.4 is 0 Å². The Hall–Kier alpha value is -3.00. The number of amides is 1. The van der Waals surface area contributed by atoms with Crippen molar-refractivity contribution >= 4 is 17.6 Å². The third kappa shape index (κ3) is 4.75. The normalized spacial score (nSPS) is 21.5. The molecule has 4 rings (SSSR count). The van der Waals surface area contributed by atoms with Gasteiger partial charge in [-0.3, -0.25) is 14.5 Å². The molecule has 1 fully saturated rings. The summed E-state index contributed by atoms with van der Waals surface area (Å²) in [4.78, 5) is 27.5. The fourth-order valence-corrected chi connectivity index (χ4v) is 4.52. The SMILES string of the molecule is CCOC(=O)C1CCCN(CC(=O)N2N=C(c3ccc(F)cc3)CC2c2cccn2C)C1. The van der Waals surface area contributed by atoms with Crippen molar-refractivity contribution in [1.29, 1.82) is 0 Å². The smallest absolute Gasteiger partial charge is 0.310 e. The molecule has 0 bridgehead atoms. The van der Waals surface area contributed by atoms with Crippen LogP contribution in [0.2, 0.25) is 0 Å². The van der Waals surface area contributed by atoms with E-state index in [1.807, 2.05) is 34.8 Å². The minimum atomic E-state index is -0.305. The maximum Gasteiger partial charge on any atom is 0.310 e. The minimum Gasteiger partial charge on any atom is -0.466 e. The summed E-state index contributed by atoms with van der Waals surface area (Å²) in [6.07, 6.45) is 4.14. The highest BCUT2D eigenvalue weighted by molar-refractivity contribution is 6.03. The van der Waals surface area contributed by atoms with Crippen LogP contribution in [0.1, 0.15) is 43.5 Å². The Labute approximate surface area is 187 Å². The Morgan fingerprint density at radius 1 is 1.22 bits per heavy atom. The molecule has 0 N–H and O–H groups in total. The molecule has 32 heavy (non-hydrogen) atoms. The second-order valence-electron chi connectivity index (χ2n) is 8.38. The van der Waals surface area contributed by atoms with E-state index < -0.39 is 0 Å². The third-order valence-electron chi connectivity index (χ3n) is 6.15. The topological polar surface area (TPSA) is 67.1 Å². The predicted molar refractivity (Wildman–Crippen MR) is 118 cm³/mol. The van der Waals surface area contributed by atoms with Gasteiger partial charge in [-0.1, -0.05) is 12.1 Å². The second kappa shape index (κ2) is 9.65. The first-order valence-electron chi connectivity index (χ1n) is 11.1. The fraction of sp³-hybridized carbons (Fsp3) is 0.458. The Balaban J connectivity index is 1.52. The Morgan fingerprint density at radius 3 is 2.69 bits per heavy atom. The molecule has 2 aliphatic rings. The summed E-state index contributed by atoms with van der Waals surface area (Å²) in [7, 11) is 1.95. The van der Waals surface area contributed by atoms with E-state index in [2.05, 4.69) is 5.10 Å². The molecule has 2 aromatic rings. The van der Waals surface area contributed by atoms with Gasteiger partial charge in [0.15, 0.2) is 0 Å². The highest BCUT2D eigenvalue weighted by Crippen LogP contribution is 2.33. The molecule has 1 aromatic carbocycles. The van der Waals surface area contributed by atoms with Gasteiger partial charge in [0.1, 0.15) is 11.9 Å². The van der Waals surface area contributed by atoms with Gasteiger partial charge in [0.05, 0.1) is 24.8 Å². The van der Waals surface area contributed by atoms with Crippen molar-refractivity contribution < 1.29 is 18.7 Å². The van der Waals surface area contributed by atoms with Gasteiger partial charge < -0.3 is 9.30 Å². The molecule has 0 saturated carbocycles. The second-order valence-corrected chi connectivity index (χ2v) is 8.38. The zero-order valence-corrected chi connectivity index (χ0v) is 18.5. The van der Waals surface area contributed by atoms with Gasteiger partial charge in [-0.15, -0.1) is 0 Å². The number of rotatable bonds is 6. The zero-order chi connectivity index (χ0) is 22.7. The quantitative estimate of drug-likeness (QED) is 0.648. The summed E-state index contributed by atoms with van der Waals surface area (Å²) in [5.74, 6) is -0.806. The summed E-state index contributed by atoms with van der Waals surface area (Å²) in [6.45, 7) is 3.63. The first-order chi connectivity index (χ1) is 15.5. The van der Waals surface area contributed by atoms with Gasteiger partial charge in [0.2, 0.25) is 0 Å². The van der Waals surface area contributed by atoms with Crippen molar-refractivity contribution in [2.75, 3.05) is 26.2 Å². The lowest BCUT2D eigenvalue weighted by Gasteiger charge is -2.32. The molecule has 2 atom stereocenters. The van der Waals surface area contributed by atoms with Gasteiger partial charge in [0, 0.05) is 31.9 Å². The molecule has 0 aliphatic carbocycles. The van der Waals surface area contributed by atoms with E-state index >= 15 is 0 Å². The number of aromatic nitrogens is 1. The van der Waals surface area contributed by atoms with Crippen molar-refractivity contribution in [2.24, 2.45) is 18.1 Å². The average Bonchev–Trinajstić information content (AvgIpc) is 3.41. The largest absolute Gasteiger partial charge is 0.466 e. The highest BCUT2D eigenvalue weighted by atomic mass is 19.1. The van der Waals surface area contributed by atoms with Crippen LogP contribution in [0.4, 0.5) is 4.39 Å². The zero-order valence-electron chi connectivity index (χ0n) is 18.5. The van der Waals surface area contributed by atoms with E-state index in [1.165, 1.54) is 12.1 Å². The van der Waals surface area contributed by atoms with Gasteiger partial charge in [-0.2, -0.15) is 5.10 Å². The number of esters is 1. The number of halogens is 1. The Kier molecular flexibility index (Phi) is 6.69. The van der Waals surface area contributed by atoms with Crippen molar-refractivity contribution in [3.8, 4) is 0 Å². The molecule has 3 heterocycles. The first kappa shape index (κ1) is 22.2.